The largest absolute Gasteiger partial charge is 0.342 e. The van der Waals surface area contributed by atoms with Crippen LogP contribution in [0.15, 0.2) is 18.2 Å². The van der Waals surface area contributed by atoms with Crippen molar-refractivity contribution in [2.24, 2.45) is 5.41 Å². The van der Waals surface area contributed by atoms with E-state index in [1.165, 1.54) is 10.6 Å². The molecule has 0 spiro atoms. The summed E-state index contributed by atoms with van der Waals surface area (Å²) in [6, 6.07) is 6.34. The predicted octanol–water partition coefficient (Wildman–Crippen LogP) is 6.76. The van der Waals surface area contributed by atoms with Crippen LogP contribution in [0.5, 0.6) is 0 Å². The van der Waals surface area contributed by atoms with Gasteiger partial charge in [-0.3, -0.25) is 4.79 Å². The third kappa shape index (κ3) is 4.56. The van der Waals surface area contributed by atoms with E-state index in [0.29, 0.717) is 6.42 Å². The van der Waals surface area contributed by atoms with Crippen molar-refractivity contribution < 1.29 is 4.79 Å². The lowest BCUT2D eigenvalue weighted by Gasteiger charge is -2.26. The fraction of sp³-hybridized carbons (Fsp3) is 0.478. The molecule has 148 valence electrons. The lowest BCUT2D eigenvalue weighted by Crippen LogP contribution is -2.21. The van der Waals surface area contributed by atoms with Crippen LogP contribution in [-0.2, 0) is 11.2 Å². The minimum Gasteiger partial charge on any atom is -0.342 e. The molecule has 0 aliphatic carbocycles. The fourth-order valence-electron chi connectivity index (χ4n) is 3.77. The van der Waals surface area contributed by atoms with Gasteiger partial charge < -0.3 is 10.2 Å². The average molecular weight is 396 g/mol. The van der Waals surface area contributed by atoms with Crippen LogP contribution in [0.3, 0.4) is 0 Å². The molecule has 0 saturated carbocycles. The van der Waals surface area contributed by atoms with Gasteiger partial charge in [-0.15, -0.1) is 0 Å². The first-order valence-electron chi connectivity index (χ1n) is 9.87. The molecule has 4 nitrogen and oxygen atoms in total. The first-order chi connectivity index (χ1) is 13.2. The van der Waals surface area contributed by atoms with Crippen LogP contribution in [0, 0.1) is 25.8 Å². The summed E-state index contributed by atoms with van der Waals surface area (Å²) >= 11 is 1.62. The van der Waals surface area contributed by atoms with Crippen molar-refractivity contribution in [1.82, 2.24) is 0 Å². The zero-order valence-electron chi connectivity index (χ0n) is 17.5. The number of nitrogens with zero attached hydrogens (tertiary/aromatic N) is 2. The Morgan fingerprint density at radius 1 is 1.21 bits per heavy atom. The van der Waals surface area contributed by atoms with Crippen molar-refractivity contribution in [1.29, 1.82) is 0 Å². The Labute approximate surface area is 172 Å². The second kappa shape index (κ2) is 7.97. The van der Waals surface area contributed by atoms with Crippen molar-refractivity contribution in [2.45, 2.75) is 60.3 Å². The molecule has 2 aromatic rings. The monoisotopic (exact) mass is 395 g/mol. The molecule has 1 N–H and O–H groups in total. The Balaban J connectivity index is 1.92. The fourth-order valence-corrected chi connectivity index (χ4v) is 4.76. The van der Waals surface area contributed by atoms with Gasteiger partial charge in [-0.25, -0.2) is 4.85 Å². The second-order valence-electron chi connectivity index (χ2n) is 8.85. The number of carbonyl (C=O) groups excluding carboxylic acids is 1. The predicted molar refractivity (Wildman–Crippen MR) is 119 cm³/mol. The summed E-state index contributed by atoms with van der Waals surface area (Å²) in [7, 11) is 0. The van der Waals surface area contributed by atoms with E-state index in [-0.39, 0.29) is 11.3 Å². The van der Waals surface area contributed by atoms with Gasteiger partial charge in [-0.2, -0.15) is 11.3 Å². The van der Waals surface area contributed by atoms with Crippen LogP contribution in [0.4, 0.5) is 22.1 Å². The summed E-state index contributed by atoms with van der Waals surface area (Å²) in [5, 5.41) is 3.88. The van der Waals surface area contributed by atoms with E-state index in [1.54, 1.807) is 11.3 Å². The number of hydrogen-bond donors (Lipinski definition) is 1. The molecule has 1 aromatic heterocycles. The molecule has 28 heavy (non-hydrogen) atoms. The lowest BCUT2D eigenvalue weighted by atomic mass is 9.92. The third-order valence-electron chi connectivity index (χ3n) is 4.99. The van der Waals surface area contributed by atoms with Crippen LogP contribution in [-0.4, -0.2) is 12.5 Å². The maximum Gasteiger partial charge on any atom is 0.243 e. The highest BCUT2D eigenvalue weighted by Gasteiger charge is 2.22. The van der Waals surface area contributed by atoms with Gasteiger partial charge in [0, 0.05) is 34.9 Å². The first kappa shape index (κ1) is 20.4. The van der Waals surface area contributed by atoms with E-state index >= 15 is 0 Å². The number of carbonyl (C=O) groups is 1. The Morgan fingerprint density at radius 2 is 1.89 bits per heavy atom. The molecule has 1 aliphatic rings. The van der Waals surface area contributed by atoms with Crippen LogP contribution in [0.2, 0.25) is 0 Å². The minimum atomic E-state index is -0.0339. The van der Waals surface area contributed by atoms with E-state index in [4.69, 9.17) is 6.57 Å². The number of fused-ring (bicyclic) bond motifs is 1. The zero-order chi connectivity index (χ0) is 20.5. The Morgan fingerprint density at radius 3 is 2.50 bits per heavy atom. The molecule has 5 heteroatoms. The first-order valence-corrected chi connectivity index (χ1v) is 10.7. The van der Waals surface area contributed by atoms with Gasteiger partial charge in [-0.05, 0) is 67.9 Å². The van der Waals surface area contributed by atoms with Crippen molar-refractivity contribution in [3.63, 3.8) is 0 Å². The summed E-state index contributed by atoms with van der Waals surface area (Å²) in [4.78, 5) is 19.7. The molecule has 3 rings (SSSR count). The SMILES string of the molecule is [C-]#[N+]c1cc2c(s1)CCCCN2c1cc(C)c(NC(=O)CC(C)(C)C)c(C)c1. The van der Waals surface area contributed by atoms with Gasteiger partial charge in [0.05, 0.1) is 6.57 Å². The molecule has 0 fully saturated rings. The van der Waals surface area contributed by atoms with Crippen LogP contribution < -0.4 is 10.2 Å². The second-order valence-corrected chi connectivity index (χ2v) is 9.97. The van der Waals surface area contributed by atoms with Gasteiger partial charge in [0.25, 0.3) is 0 Å². The highest BCUT2D eigenvalue weighted by Crippen LogP contribution is 2.42. The van der Waals surface area contributed by atoms with E-state index in [9.17, 15) is 4.79 Å². The van der Waals surface area contributed by atoms with E-state index in [1.807, 2.05) is 6.07 Å². The van der Waals surface area contributed by atoms with Crippen molar-refractivity contribution in [3.05, 3.63) is 45.6 Å². The number of rotatable bonds is 3. The van der Waals surface area contributed by atoms with Gasteiger partial charge in [0.2, 0.25) is 10.9 Å². The molecule has 0 bridgehead atoms. The Hall–Kier alpha value is -2.32. The summed E-state index contributed by atoms with van der Waals surface area (Å²) < 4.78 is 0. The molecule has 0 saturated heterocycles. The van der Waals surface area contributed by atoms with Gasteiger partial charge in [0.1, 0.15) is 0 Å². The molecular formula is C23H29N3OS. The van der Waals surface area contributed by atoms with Crippen LogP contribution >= 0.6 is 11.3 Å². The number of amides is 1. The van der Waals surface area contributed by atoms with Crippen LogP contribution in [0.25, 0.3) is 4.85 Å². The van der Waals surface area contributed by atoms with Gasteiger partial charge in [-0.1, -0.05) is 20.8 Å². The van der Waals surface area contributed by atoms with E-state index in [0.717, 1.165) is 53.3 Å². The summed E-state index contributed by atoms with van der Waals surface area (Å²) in [6.45, 7) is 18.6. The van der Waals surface area contributed by atoms with Crippen molar-refractivity contribution in [3.8, 4) is 0 Å². The molecule has 1 amide bonds. The highest BCUT2D eigenvalue weighted by atomic mass is 32.1. The normalized spacial score (nSPS) is 14.2. The van der Waals surface area contributed by atoms with Gasteiger partial charge >= 0.3 is 0 Å². The smallest absolute Gasteiger partial charge is 0.243 e. The molecular weight excluding hydrogens is 366 g/mol. The highest BCUT2D eigenvalue weighted by molar-refractivity contribution is 7.16. The molecule has 1 aromatic carbocycles. The number of aryl methyl sites for hydroxylation is 3. The number of benzene rings is 1. The van der Waals surface area contributed by atoms with Crippen molar-refractivity contribution in [2.75, 3.05) is 16.8 Å². The molecule has 0 atom stereocenters. The number of nitrogens with one attached hydrogen (secondary N) is 1. The Kier molecular flexibility index (Phi) is 5.81. The van der Waals surface area contributed by atoms with E-state index in [2.05, 4.69) is 61.8 Å². The maximum atomic E-state index is 12.4. The number of thiophene rings is 1. The van der Waals surface area contributed by atoms with Gasteiger partial charge in [0.15, 0.2) is 0 Å². The molecule has 1 aliphatic heterocycles. The summed E-state index contributed by atoms with van der Waals surface area (Å²) in [6.07, 6.45) is 3.83. The minimum absolute atomic E-state index is 0.0339. The molecule has 0 radical (unpaired) electrons. The lowest BCUT2D eigenvalue weighted by molar-refractivity contribution is -0.117. The molecule has 2 heterocycles. The average Bonchev–Trinajstić information content (AvgIpc) is 2.89. The van der Waals surface area contributed by atoms with Crippen LogP contribution in [0.1, 0.15) is 56.0 Å². The standard InChI is InChI=1S/C23H29N3OS/c1-15-11-17(12-16(2)22(15)25-20(27)14-23(3,4)5)26-10-8-7-9-19-18(26)13-21(24-6)28-19/h11-13H,7-10,14H2,1-5H3,(H,25,27). The topological polar surface area (TPSA) is 36.7 Å². The van der Waals surface area contributed by atoms with E-state index < -0.39 is 0 Å². The quantitative estimate of drug-likeness (QED) is 0.583. The summed E-state index contributed by atoms with van der Waals surface area (Å²) in [5.74, 6) is 0.0584. The third-order valence-corrected chi connectivity index (χ3v) is 6.07. The van der Waals surface area contributed by atoms with Crippen molar-refractivity contribution >= 4 is 39.3 Å². The number of hydrogen-bond acceptors (Lipinski definition) is 3. The molecule has 0 unspecified atom stereocenters. The maximum absolute atomic E-state index is 12.4. The number of anilines is 3. The summed E-state index contributed by atoms with van der Waals surface area (Å²) in [5.41, 5.74) is 5.35. The Bertz CT molecular complexity index is 907. The zero-order valence-corrected chi connectivity index (χ0v) is 18.3.